The minimum Gasteiger partial charge on any atom is -0.169 e. The van der Waals surface area contributed by atoms with Crippen LogP contribution in [0.5, 0.6) is 0 Å². The van der Waals surface area contributed by atoms with Crippen molar-refractivity contribution < 1.29 is 13.2 Å². The molecule has 2 aromatic carbocycles. The fourth-order valence-corrected chi connectivity index (χ4v) is 2.56. The van der Waals surface area contributed by atoms with Gasteiger partial charge in [0, 0.05) is 4.47 Å². The number of halogens is 5. The van der Waals surface area contributed by atoms with Crippen LogP contribution in [0.2, 0.25) is 0 Å². The quantitative estimate of drug-likeness (QED) is 0.575. The van der Waals surface area contributed by atoms with Gasteiger partial charge in [-0.1, -0.05) is 62.2 Å². The van der Waals surface area contributed by atoms with Crippen LogP contribution in [0, 0.1) is 0 Å². The molecule has 0 amide bonds. The van der Waals surface area contributed by atoms with E-state index in [1.807, 2.05) is 0 Å². The van der Waals surface area contributed by atoms with E-state index in [-0.39, 0.29) is 5.56 Å². The highest BCUT2D eigenvalue weighted by atomic mass is 79.9. The van der Waals surface area contributed by atoms with Crippen LogP contribution in [0.25, 0.3) is 10.8 Å². The second-order valence-corrected chi connectivity index (χ2v) is 5.36. The number of alkyl halides is 4. The van der Waals surface area contributed by atoms with Crippen molar-refractivity contribution >= 4 is 42.6 Å². The summed E-state index contributed by atoms with van der Waals surface area (Å²) in [7, 11) is 0. The predicted molar refractivity (Wildman–Crippen MR) is 69.4 cm³/mol. The Hall–Kier alpha value is -0.550. The zero-order chi connectivity index (χ0) is 12.6. The molecule has 1 atom stereocenters. The lowest BCUT2D eigenvalue weighted by Gasteiger charge is -2.17. The molecule has 0 N–H and O–H groups in total. The minimum absolute atomic E-state index is 0.233. The molecule has 0 saturated carbocycles. The van der Waals surface area contributed by atoms with Gasteiger partial charge in [0.15, 0.2) is 0 Å². The molecule has 0 nitrogen and oxygen atoms in total. The summed E-state index contributed by atoms with van der Waals surface area (Å²) in [5.41, 5.74) is 0.233. The molecule has 0 bridgehead atoms. The number of benzene rings is 2. The second kappa shape index (κ2) is 4.61. The first-order valence-corrected chi connectivity index (χ1v) is 6.50. The third-order valence-electron chi connectivity index (χ3n) is 2.47. The Labute approximate surface area is 113 Å². The molecule has 0 aromatic heterocycles. The van der Waals surface area contributed by atoms with E-state index < -0.39 is 11.0 Å². The predicted octanol–water partition coefficient (Wildman–Crippen LogP) is 5.60. The Morgan fingerprint density at radius 2 is 1.53 bits per heavy atom. The van der Waals surface area contributed by atoms with Gasteiger partial charge in [0.2, 0.25) is 0 Å². The van der Waals surface area contributed by atoms with E-state index in [1.54, 1.807) is 30.3 Å². The summed E-state index contributed by atoms with van der Waals surface area (Å²) >= 11 is 6.05. The molecule has 0 aliphatic rings. The van der Waals surface area contributed by atoms with Crippen LogP contribution in [0.15, 0.2) is 40.9 Å². The SMILES string of the molecule is FC(F)(F)C(Br)c1ccc(Br)c2ccccc12. The van der Waals surface area contributed by atoms with Gasteiger partial charge in [0.1, 0.15) is 4.83 Å². The summed E-state index contributed by atoms with van der Waals surface area (Å²) in [5.74, 6) is 0. The maximum atomic E-state index is 12.7. The molecule has 0 radical (unpaired) electrons. The maximum Gasteiger partial charge on any atom is 0.405 e. The van der Waals surface area contributed by atoms with E-state index in [1.165, 1.54) is 6.07 Å². The van der Waals surface area contributed by atoms with E-state index in [0.29, 0.717) is 5.39 Å². The Morgan fingerprint density at radius 1 is 0.941 bits per heavy atom. The van der Waals surface area contributed by atoms with Crippen LogP contribution < -0.4 is 0 Å². The normalized spacial score (nSPS) is 13.9. The highest BCUT2D eigenvalue weighted by molar-refractivity contribution is 9.10. The Morgan fingerprint density at radius 3 is 2.12 bits per heavy atom. The lowest BCUT2D eigenvalue weighted by molar-refractivity contribution is -0.128. The number of fused-ring (bicyclic) bond motifs is 1. The average molecular weight is 368 g/mol. The van der Waals surface area contributed by atoms with Crippen LogP contribution in [-0.2, 0) is 0 Å². The summed E-state index contributed by atoms with van der Waals surface area (Å²) in [4.78, 5) is -1.65. The van der Waals surface area contributed by atoms with E-state index in [9.17, 15) is 13.2 Å². The first kappa shape index (κ1) is 12.9. The molecule has 0 aliphatic heterocycles. The number of hydrogen-bond donors (Lipinski definition) is 0. The van der Waals surface area contributed by atoms with Crippen molar-refractivity contribution in [3.63, 3.8) is 0 Å². The van der Waals surface area contributed by atoms with Crippen molar-refractivity contribution in [3.05, 3.63) is 46.4 Å². The van der Waals surface area contributed by atoms with Crippen LogP contribution in [0.3, 0.4) is 0 Å². The molecule has 0 fully saturated rings. The van der Waals surface area contributed by atoms with Crippen molar-refractivity contribution in [2.24, 2.45) is 0 Å². The first-order valence-electron chi connectivity index (χ1n) is 4.79. The largest absolute Gasteiger partial charge is 0.405 e. The summed E-state index contributed by atoms with van der Waals surface area (Å²) in [6, 6.07) is 10.1. The molecule has 2 aromatic rings. The molecule has 0 saturated heterocycles. The van der Waals surface area contributed by atoms with Gasteiger partial charge in [0.25, 0.3) is 0 Å². The number of hydrogen-bond acceptors (Lipinski definition) is 0. The zero-order valence-corrected chi connectivity index (χ0v) is 11.6. The molecule has 2 rings (SSSR count). The lowest BCUT2D eigenvalue weighted by Crippen LogP contribution is -2.15. The molecule has 5 heteroatoms. The van der Waals surface area contributed by atoms with Crippen molar-refractivity contribution in [1.29, 1.82) is 0 Å². The first-order chi connectivity index (χ1) is 7.91. The topological polar surface area (TPSA) is 0 Å². The Bertz CT molecular complexity index is 549. The number of rotatable bonds is 1. The van der Waals surface area contributed by atoms with E-state index in [2.05, 4.69) is 31.9 Å². The average Bonchev–Trinajstić information content (AvgIpc) is 2.28. The van der Waals surface area contributed by atoms with Gasteiger partial charge >= 0.3 is 6.18 Å². The van der Waals surface area contributed by atoms with E-state index in [0.717, 1.165) is 9.86 Å². The smallest absolute Gasteiger partial charge is 0.169 e. The van der Waals surface area contributed by atoms with Gasteiger partial charge in [-0.05, 0) is 22.4 Å². The van der Waals surface area contributed by atoms with E-state index >= 15 is 0 Å². The fraction of sp³-hybridized carbons (Fsp3) is 0.167. The van der Waals surface area contributed by atoms with Crippen molar-refractivity contribution in [1.82, 2.24) is 0 Å². The highest BCUT2D eigenvalue weighted by Crippen LogP contribution is 2.43. The van der Waals surface area contributed by atoms with Crippen LogP contribution in [0.4, 0.5) is 13.2 Å². The van der Waals surface area contributed by atoms with Gasteiger partial charge in [-0.3, -0.25) is 0 Å². The van der Waals surface area contributed by atoms with Crippen molar-refractivity contribution in [2.45, 2.75) is 11.0 Å². The monoisotopic (exact) mass is 366 g/mol. The molecule has 0 aliphatic carbocycles. The van der Waals surface area contributed by atoms with E-state index in [4.69, 9.17) is 0 Å². The molecule has 1 unspecified atom stereocenters. The lowest BCUT2D eigenvalue weighted by atomic mass is 10.0. The Kier molecular flexibility index (Phi) is 3.50. The van der Waals surface area contributed by atoms with Crippen molar-refractivity contribution in [2.75, 3.05) is 0 Å². The van der Waals surface area contributed by atoms with Crippen LogP contribution in [-0.4, -0.2) is 6.18 Å². The molecule has 90 valence electrons. The summed E-state index contributed by atoms with van der Waals surface area (Å²) in [6.07, 6.45) is -4.30. The fourth-order valence-electron chi connectivity index (χ4n) is 1.68. The van der Waals surface area contributed by atoms with Gasteiger partial charge in [-0.2, -0.15) is 13.2 Å². The van der Waals surface area contributed by atoms with Gasteiger partial charge < -0.3 is 0 Å². The van der Waals surface area contributed by atoms with Gasteiger partial charge in [0.05, 0.1) is 0 Å². The second-order valence-electron chi connectivity index (χ2n) is 3.59. The maximum absolute atomic E-state index is 12.7. The molecule has 0 spiro atoms. The third kappa shape index (κ3) is 2.50. The molecular weight excluding hydrogens is 361 g/mol. The summed E-state index contributed by atoms with van der Waals surface area (Å²) in [6.45, 7) is 0. The standard InChI is InChI=1S/C12H7Br2F3/c13-10-6-5-9(11(14)12(15,16)17)7-3-1-2-4-8(7)10/h1-6,11H. The Balaban J connectivity index is 2.67. The molecular formula is C12H7Br2F3. The van der Waals surface area contributed by atoms with Crippen LogP contribution in [0.1, 0.15) is 10.4 Å². The molecule has 17 heavy (non-hydrogen) atoms. The van der Waals surface area contributed by atoms with Crippen molar-refractivity contribution in [3.8, 4) is 0 Å². The highest BCUT2D eigenvalue weighted by Gasteiger charge is 2.39. The van der Waals surface area contributed by atoms with Crippen LogP contribution >= 0.6 is 31.9 Å². The molecule has 0 heterocycles. The summed E-state index contributed by atoms with van der Waals surface area (Å²) in [5, 5.41) is 1.37. The summed E-state index contributed by atoms with van der Waals surface area (Å²) < 4.78 is 38.9. The minimum atomic E-state index is -4.30. The van der Waals surface area contributed by atoms with Gasteiger partial charge in [-0.15, -0.1) is 0 Å². The zero-order valence-electron chi connectivity index (χ0n) is 8.43. The third-order valence-corrected chi connectivity index (χ3v) is 4.17. The van der Waals surface area contributed by atoms with Gasteiger partial charge in [-0.25, -0.2) is 0 Å².